The molecule has 0 amide bonds. The van der Waals surface area contributed by atoms with Gasteiger partial charge in [0.05, 0.1) is 17.9 Å². The molecule has 0 bridgehead atoms. The maximum Gasteiger partial charge on any atom is 0.340 e. The number of nitrogens with two attached hydrogens (primary N) is 1. The molecular formula is C12H13N3O2S2. The zero-order valence-electron chi connectivity index (χ0n) is 10.5. The second-order valence-corrected chi connectivity index (χ2v) is 6.10. The fourth-order valence-electron chi connectivity index (χ4n) is 1.43. The molecule has 1 aromatic heterocycles. The van der Waals surface area contributed by atoms with Crippen LogP contribution in [-0.4, -0.2) is 22.8 Å². The minimum absolute atomic E-state index is 0.325. The molecule has 0 spiro atoms. The van der Waals surface area contributed by atoms with Gasteiger partial charge in [-0.05, 0) is 26.0 Å². The van der Waals surface area contributed by atoms with E-state index in [0.29, 0.717) is 17.9 Å². The van der Waals surface area contributed by atoms with Crippen molar-refractivity contribution >= 4 is 34.8 Å². The van der Waals surface area contributed by atoms with Gasteiger partial charge in [-0.3, -0.25) is 0 Å². The van der Waals surface area contributed by atoms with E-state index in [-0.39, 0.29) is 0 Å². The number of esters is 1. The molecule has 1 aromatic carbocycles. The van der Waals surface area contributed by atoms with E-state index >= 15 is 0 Å². The lowest BCUT2D eigenvalue weighted by molar-refractivity contribution is 0.0527. The van der Waals surface area contributed by atoms with Crippen LogP contribution in [0.25, 0.3) is 0 Å². The van der Waals surface area contributed by atoms with Gasteiger partial charge < -0.3 is 10.5 Å². The van der Waals surface area contributed by atoms with Gasteiger partial charge in [0.25, 0.3) is 0 Å². The smallest absolute Gasteiger partial charge is 0.340 e. The van der Waals surface area contributed by atoms with Gasteiger partial charge in [0, 0.05) is 4.90 Å². The summed E-state index contributed by atoms with van der Waals surface area (Å²) < 4.78 is 5.76. The quantitative estimate of drug-likeness (QED) is 0.690. The van der Waals surface area contributed by atoms with E-state index in [0.717, 1.165) is 14.2 Å². The third-order valence-corrected chi connectivity index (χ3v) is 4.23. The van der Waals surface area contributed by atoms with Gasteiger partial charge in [-0.25, -0.2) is 4.79 Å². The van der Waals surface area contributed by atoms with Crippen LogP contribution in [0.15, 0.2) is 27.4 Å². The summed E-state index contributed by atoms with van der Waals surface area (Å²) in [4.78, 5) is 12.5. The number of anilines is 1. The molecule has 100 valence electrons. The first-order valence-corrected chi connectivity index (χ1v) is 7.28. The first kappa shape index (κ1) is 13.8. The van der Waals surface area contributed by atoms with Crippen LogP contribution in [0.3, 0.4) is 0 Å². The van der Waals surface area contributed by atoms with Gasteiger partial charge in [0.2, 0.25) is 0 Å². The number of benzene rings is 1. The van der Waals surface area contributed by atoms with Crippen LogP contribution in [-0.2, 0) is 4.74 Å². The fraction of sp³-hybridized carbons (Fsp3) is 0.250. The zero-order chi connectivity index (χ0) is 13.8. The summed E-state index contributed by atoms with van der Waals surface area (Å²) in [6.07, 6.45) is 0. The highest BCUT2D eigenvalue weighted by molar-refractivity contribution is 8.01. The number of hydrogen-bond donors (Lipinski definition) is 1. The number of carbonyl (C=O) groups is 1. The molecule has 2 rings (SSSR count). The number of ether oxygens (including phenoxy) is 1. The van der Waals surface area contributed by atoms with E-state index in [1.807, 2.05) is 13.0 Å². The van der Waals surface area contributed by atoms with E-state index < -0.39 is 5.97 Å². The summed E-state index contributed by atoms with van der Waals surface area (Å²) in [7, 11) is 0. The van der Waals surface area contributed by atoms with Crippen molar-refractivity contribution in [3.05, 3.63) is 28.8 Å². The molecule has 5 nitrogen and oxygen atoms in total. The molecule has 0 atom stereocenters. The van der Waals surface area contributed by atoms with Crippen molar-refractivity contribution in [1.82, 2.24) is 10.2 Å². The summed E-state index contributed by atoms with van der Waals surface area (Å²) in [5.74, 6) is -0.407. The highest BCUT2D eigenvalue weighted by Gasteiger charge is 2.15. The van der Waals surface area contributed by atoms with Gasteiger partial charge in [-0.2, -0.15) is 0 Å². The summed E-state index contributed by atoms with van der Waals surface area (Å²) in [6.45, 7) is 3.97. The molecule has 2 N–H and O–H groups in total. The number of nitrogen functional groups attached to an aromatic ring is 1. The number of aryl methyl sites for hydroxylation is 1. The van der Waals surface area contributed by atoms with E-state index in [9.17, 15) is 4.79 Å². The van der Waals surface area contributed by atoms with Gasteiger partial charge in [0.1, 0.15) is 5.01 Å². The molecule has 2 aromatic rings. The molecular weight excluding hydrogens is 282 g/mol. The first-order chi connectivity index (χ1) is 9.11. The second kappa shape index (κ2) is 6.03. The SMILES string of the molecule is CCOC(=O)c1cccc(Sc2nnc(C)s2)c1N. The highest BCUT2D eigenvalue weighted by Crippen LogP contribution is 2.35. The molecule has 1 heterocycles. The summed E-state index contributed by atoms with van der Waals surface area (Å²) in [5, 5.41) is 8.86. The Morgan fingerprint density at radius 2 is 2.26 bits per heavy atom. The Labute approximate surface area is 119 Å². The third-order valence-electron chi connectivity index (χ3n) is 2.27. The van der Waals surface area contributed by atoms with Crippen LogP contribution in [0, 0.1) is 6.92 Å². The summed E-state index contributed by atoms with van der Waals surface area (Å²) >= 11 is 2.88. The molecule has 0 saturated heterocycles. The number of rotatable bonds is 4. The van der Waals surface area contributed by atoms with Crippen molar-refractivity contribution < 1.29 is 9.53 Å². The highest BCUT2D eigenvalue weighted by atomic mass is 32.2. The lowest BCUT2D eigenvalue weighted by Gasteiger charge is -2.08. The van der Waals surface area contributed by atoms with Crippen molar-refractivity contribution in [1.29, 1.82) is 0 Å². The Kier molecular flexibility index (Phi) is 4.39. The lowest BCUT2D eigenvalue weighted by atomic mass is 10.2. The Balaban J connectivity index is 2.27. The minimum Gasteiger partial charge on any atom is -0.462 e. The van der Waals surface area contributed by atoms with E-state index in [1.54, 1.807) is 19.1 Å². The zero-order valence-corrected chi connectivity index (χ0v) is 12.2. The van der Waals surface area contributed by atoms with Gasteiger partial charge in [-0.1, -0.05) is 29.2 Å². The Hall–Kier alpha value is -1.60. The van der Waals surface area contributed by atoms with Crippen LogP contribution >= 0.6 is 23.1 Å². The second-order valence-electron chi connectivity index (χ2n) is 3.63. The lowest BCUT2D eigenvalue weighted by Crippen LogP contribution is -2.08. The van der Waals surface area contributed by atoms with Crippen molar-refractivity contribution in [2.75, 3.05) is 12.3 Å². The summed E-state index contributed by atoms with van der Waals surface area (Å²) in [5.41, 5.74) is 6.80. The van der Waals surface area contributed by atoms with Crippen LogP contribution < -0.4 is 5.73 Å². The minimum atomic E-state index is -0.407. The molecule has 7 heteroatoms. The average Bonchev–Trinajstić information content (AvgIpc) is 2.78. The average molecular weight is 295 g/mol. The number of hydrogen-bond acceptors (Lipinski definition) is 7. The molecule has 0 aliphatic carbocycles. The fourth-order valence-corrected chi connectivity index (χ4v) is 3.28. The first-order valence-electron chi connectivity index (χ1n) is 5.65. The van der Waals surface area contributed by atoms with Crippen LogP contribution in [0.1, 0.15) is 22.3 Å². The molecule has 0 radical (unpaired) electrons. The van der Waals surface area contributed by atoms with Crippen molar-refractivity contribution in [2.45, 2.75) is 23.1 Å². The number of nitrogens with zero attached hydrogens (tertiary/aromatic N) is 2. The normalized spacial score (nSPS) is 10.4. The van der Waals surface area contributed by atoms with Crippen molar-refractivity contribution in [3.8, 4) is 0 Å². The Morgan fingerprint density at radius 1 is 1.47 bits per heavy atom. The standard InChI is InChI=1S/C12H13N3O2S2/c1-3-17-11(16)8-5-4-6-9(10(8)13)19-12-15-14-7(2)18-12/h4-6H,3,13H2,1-2H3. The predicted octanol–water partition coefficient (Wildman–Crippen LogP) is 2.76. The van der Waals surface area contributed by atoms with Crippen molar-refractivity contribution in [3.63, 3.8) is 0 Å². The topological polar surface area (TPSA) is 78.1 Å². The Morgan fingerprint density at radius 3 is 2.89 bits per heavy atom. The maximum atomic E-state index is 11.7. The molecule has 0 aliphatic rings. The van der Waals surface area contributed by atoms with Crippen LogP contribution in [0.5, 0.6) is 0 Å². The monoisotopic (exact) mass is 295 g/mol. The molecule has 19 heavy (non-hydrogen) atoms. The number of aromatic nitrogens is 2. The third kappa shape index (κ3) is 3.24. The largest absolute Gasteiger partial charge is 0.462 e. The van der Waals surface area contributed by atoms with E-state index in [2.05, 4.69) is 10.2 Å². The molecule has 0 saturated carbocycles. The number of carbonyl (C=O) groups excluding carboxylic acids is 1. The summed E-state index contributed by atoms with van der Waals surface area (Å²) in [6, 6.07) is 5.28. The van der Waals surface area contributed by atoms with Gasteiger partial charge >= 0.3 is 5.97 Å². The van der Waals surface area contributed by atoms with Gasteiger partial charge in [0.15, 0.2) is 4.34 Å². The van der Waals surface area contributed by atoms with E-state index in [1.165, 1.54) is 23.1 Å². The number of para-hydroxylation sites is 1. The molecule has 0 aliphatic heterocycles. The van der Waals surface area contributed by atoms with E-state index in [4.69, 9.17) is 10.5 Å². The maximum absolute atomic E-state index is 11.7. The van der Waals surface area contributed by atoms with Crippen LogP contribution in [0.2, 0.25) is 0 Å². The van der Waals surface area contributed by atoms with Crippen molar-refractivity contribution in [2.24, 2.45) is 0 Å². The Bertz CT molecular complexity index is 598. The molecule has 0 unspecified atom stereocenters. The van der Waals surface area contributed by atoms with Gasteiger partial charge in [-0.15, -0.1) is 10.2 Å². The predicted molar refractivity (Wildman–Crippen MR) is 75.6 cm³/mol. The van der Waals surface area contributed by atoms with Crippen LogP contribution in [0.4, 0.5) is 5.69 Å². The molecule has 0 fully saturated rings.